The van der Waals surface area contributed by atoms with E-state index in [-0.39, 0.29) is 11.3 Å². The number of hydrogen-bond acceptors (Lipinski definition) is 4. The normalized spacial score (nSPS) is 17.1. The van der Waals surface area contributed by atoms with Crippen molar-refractivity contribution in [1.82, 2.24) is 4.90 Å². The molecule has 5 nitrogen and oxygen atoms in total. The Labute approximate surface area is 119 Å². The van der Waals surface area contributed by atoms with Crippen molar-refractivity contribution in [3.63, 3.8) is 0 Å². The standard InChI is InChI=1S/C15H22N2O3/c1-15(2)5-6-17(9-15)14(18)11-7-10(19-3)8-12(20-4)13(11)16/h7-8H,5-6,9,16H2,1-4H3. The number of nitrogens with zero attached hydrogens (tertiary/aromatic N) is 1. The zero-order valence-electron chi connectivity index (χ0n) is 12.5. The van der Waals surface area contributed by atoms with Gasteiger partial charge in [0.1, 0.15) is 11.5 Å². The van der Waals surface area contributed by atoms with Crippen LogP contribution in [0.15, 0.2) is 12.1 Å². The first-order valence-electron chi connectivity index (χ1n) is 6.69. The van der Waals surface area contributed by atoms with E-state index < -0.39 is 0 Å². The maximum atomic E-state index is 12.6. The highest BCUT2D eigenvalue weighted by atomic mass is 16.5. The maximum Gasteiger partial charge on any atom is 0.256 e. The summed E-state index contributed by atoms with van der Waals surface area (Å²) in [6, 6.07) is 3.35. The largest absolute Gasteiger partial charge is 0.497 e. The van der Waals surface area contributed by atoms with Crippen molar-refractivity contribution in [2.45, 2.75) is 20.3 Å². The lowest BCUT2D eigenvalue weighted by Crippen LogP contribution is -2.30. The average Bonchev–Trinajstić information content (AvgIpc) is 2.78. The second kappa shape index (κ2) is 5.23. The van der Waals surface area contributed by atoms with Gasteiger partial charge in [0.05, 0.1) is 25.5 Å². The number of hydrogen-bond donors (Lipinski definition) is 1. The Morgan fingerprint density at radius 2 is 2.00 bits per heavy atom. The second-order valence-electron chi connectivity index (χ2n) is 5.93. The van der Waals surface area contributed by atoms with Gasteiger partial charge in [-0.1, -0.05) is 13.8 Å². The molecule has 20 heavy (non-hydrogen) atoms. The van der Waals surface area contributed by atoms with E-state index in [0.717, 1.165) is 19.5 Å². The minimum Gasteiger partial charge on any atom is -0.497 e. The summed E-state index contributed by atoms with van der Waals surface area (Å²) in [5.41, 5.74) is 6.99. The van der Waals surface area contributed by atoms with Crippen LogP contribution in [0.4, 0.5) is 5.69 Å². The lowest BCUT2D eigenvalue weighted by Gasteiger charge is -2.21. The number of carbonyl (C=O) groups excluding carboxylic acids is 1. The van der Waals surface area contributed by atoms with Gasteiger partial charge in [0.25, 0.3) is 5.91 Å². The number of nitrogen functional groups attached to an aromatic ring is 1. The van der Waals surface area contributed by atoms with E-state index in [2.05, 4.69) is 13.8 Å². The van der Waals surface area contributed by atoms with Crippen LogP contribution in [0.5, 0.6) is 11.5 Å². The predicted molar refractivity (Wildman–Crippen MR) is 78.3 cm³/mol. The molecule has 1 aromatic carbocycles. The van der Waals surface area contributed by atoms with Crippen molar-refractivity contribution in [2.24, 2.45) is 5.41 Å². The molecule has 0 unspecified atom stereocenters. The molecule has 1 saturated heterocycles. The molecule has 0 spiro atoms. The molecule has 110 valence electrons. The van der Waals surface area contributed by atoms with Crippen LogP contribution in [0.1, 0.15) is 30.6 Å². The number of benzene rings is 1. The van der Waals surface area contributed by atoms with E-state index in [9.17, 15) is 4.79 Å². The second-order valence-corrected chi connectivity index (χ2v) is 5.93. The summed E-state index contributed by atoms with van der Waals surface area (Å²) >= 11 is 0. The molecule has 0 atom stereocenters. The minimum atomic E-state index is -0.0646. The Morgan fingerprint density at radius 3 is 2.50 bits per heavy atom. The first kappa shape index (κ1) is 14.5. The van der Waals surface area contributed by atoms with E-state index in [1.807, 2.05) is 4.90 Å². The van der Waals surface area contributed by atoms with Crippen LogP contribution in [-0.2, 0) is 0 Å². The Kier molecular flexibility index (Phi) is 3.79. The summed E-state index contributed by atoms with van der Waals surface area (Å²) in [4.78, 5) is 14.5. The van der Waals surface area contributed by atoms with Gasteiger partial charge in [-0.15, -0.1) is 0 Å². The molecule has 0 bridgehead atoms. The quantitative estimate of drug-likeness (QED) is 0.860. The van der Waals surface area contributed by atoms with Crippen molar-refractivity contribution in [2.75, 3.05) is 33.0 Å². The van der Waals surface area contributed by atoms with Crippen LogP contribution in [0, 0.1) is 5.41 Å². The molecular formula is C15H22N2O3. The monoisotopic (exact) mass is 278 g/mol. The van der Waals surface area contributed by atoms with E-state index in [0.29, 0.717) is 22.7 Å². The highest BCUT2D eigenvalue weighted by molar-refractivity contribution is 6.01. The van der Waals surface area contributed by atoms with E-state index >= 15 is 0 Å². The minimum absolute atomic E-state index is 0.0646. The number of ether oxygens (including phenoxy) is 2. The zero-order chi connectivity index (χ0) is 14.9. The van der Waals surface area contributed by atoms with Gasteiger partial charge in [-0.3, -0.25) is 4.79 Å². The van der Waals surface area contributed by atoms with Crippen molar-refractivity contribution < 1.29 is 14.3 Å². The lowest BCUT2D eigenvalue weighted by molar-refractivity contribution is 0.0778. The highest BCUT2D eigenvalue weighted by Gasteiger charge is 2.33. The molecule has 2 N–H and O–H groups in total. The van der Waals surface area contributed by atoms with Gasteiger partial charge < -0.3 is 20.1 Å². The summed E-state index contributed by atoms with van der Waals surface area (Å²) in [6.45, 7) is 5.82. The van der Waals surface area contributed by atoms with E-state index in [1.165, 1.54) is 7.11 Å². The smallest absolute Gasteiger partial charge is 0.256 e. The Balaban J connectivity index is 2.34. The van der Waals surface area contributed by atoms with Gasteiger partial charge in [0, 0.05) is 19.2 Å². The molecule has 0 aromatic heterocycles. The lowest BCUT2D eigenvalue weighted by atomic mass is 9.93. The van der Waals surface area contributed by atoms with Crippen molar-refractivity contribution in [3.8, 4) is 11.5 Å². The Hall–Kier alpha value is -1.91. The van der Waals surface area contributed by atoms with Crippen LogP contribution in [-0.4, -0.2) is 38.1 Å². The molecule has 0 aliphatic carbocycles. The predicted octanol–water partition coefficient (Wildman–Crippen LogP) is 2.16. The van der Waals surface area contributed by atoms with Gasteiger partial charge in [-0.05, 0) is 17.9 Å². The fourth-order valence-electron chi connectivity index (χ4n) is 2.52. The van der Waals surface area contributed by atoms with Crippen LogP contribution in [0.2, 0.25) is 0 Å². The molecule has 2 rings (SSSR count). The molecule has 0 radical (unpaired) electrons. The first-order valence-corrected chi connectivity index (χ1v) is 6.69. The molecule has 0 saturated carbocycles. The van der Waals surface area contributed by atoms with Crippen molar-refractivity contribution in [1.29, 1.82) is 0 Å². The van der Waals surface area contributed by atoms with Crippen molar-refractivity contribution in [3.05, 3.63) is 17.7 Å². The van der Waals surface area contributed by atoms with E-state index in [1.54, 1.807) is 19.2 Å². The van der Waals surface area contributed by atoms with E-state index in [4.69, 9.17) is 15.2 Å². The zero-order valence-corrected chi connectivity index (χ0v) is 12.5. The molecule has 5 heteroatoms. The molecule has 1 heterocycles. The van der Waals surface area contributed by atoms with Crippen molar-refractivity contribution >= 4 is 11.6 Å². The van der Waals surface area contributed by atoms with Crippen LogP contribution in [0.25, 0.3) is 0 Å². The number of amides is 1. The summed E-state index contributed by atoms with van der Waals surface area (Å²) in [6.07, 6.45) is 1.000. The third kappa shape index (κ3) is 2.66. The van der Waals surface area contributed by atoms with Gasteiger partial charge in [-0.2, -0.15) is 0 Å². The summed E-state index contributed by atoms with van der Waals surface area (Å²) in [5, 5.41) is 0. The van der Waals surface area contributed by atoms with Gasteiger partial charge in [0.15, 0.2) is 0 Å². The van der Waals surface area contributed by atoms with Crippen LogP contribution in [0.3, 0.4) is 0 Å². The third-order valence-corrected chi connectivity index (χ3v) is 3.77. The average molecular weight is 278 g/mol. The number of carbonyl (C=O) groups is 1. The fraction of sp³-hybridized carbons (Fsp3) is 0.533. The number of methoxy groups -OCH3 is 2. The summed E-state index contributed by atoms with van der Waals surface area (Å²) in [7, 11) is 3.08. The molecule has 1 aliphatic rings. The molecule has 1 aliphatic heterocycles. The van der Waals surface area contributed by atoms with Gasteiger partial charge in [0.2, 0.25) is 0 Å². The summed E-state index contributed by atoms with van der Waals surface area (Å²) < 4.78 is 10.4. The first-order chi connectivity index (χ1) is 9.38. The Morgan fingerprint density at radius 1 is 1.30 bits per heavy atom. The van der Waals surface area contributed by atoms with Gasteiger partial charge >= 0.3 is 0 Å². The number of likely N-dealkylation sites (tertiary alicyclic amines) is 1. The van der Waals surface area contributed by atoms with Crippen LogP contribution >= 0.6 is 0 Å². The third-order valence-electron chi connectivity index (χ3n) is 3.77. The molecular weight excluding hydrogens is 256 g/mol. The highest BCUT2D eigenvalue weighted by Crippen LogP contribution is 2.34. The topological polar surface area (TPSA) is 64.8 Å². The van der Waals surface area contributed by atoms with Gasteiger partial charge in [-0.25, -0.2) is 0 Å². The number of anilines is 1. The molecule has 1 fully saturated rings. The fourth-order valence-corrected chi connectivity index (χ4v) is 2.52. The molecule has 1 aromatic rings. The summed E-state index contributed by atoms with van der Waals surface area (Å²) in [5.74, 6) is 0.967. The number of nitrogens with two attached hydrogens (primary N) is 1. The Bertz CT molecular complexity index is 526. The SMILES string of the molecule is COc1cc(OC)c(N)c(C(=O)N2CCC(C)(C)C2)c1. The molecule has 1 amide bonds. The maximum absolute atomic E-state index is 12.6. The van der Waals surface area contributed by atoms with Crippen LogP contribution < -0.4 is 15.2 Å². The number of rotatable bonds is 3.